The van der Waals surface area contributed by atoms with Crippen molar-refractivity contribution in [2.24, 2.45) is 0 Å². The van der Waals surface area contributed by atoms with Gasteiger partial charge in [0.05, 0.1) is 12.2 Å². The predicted octanol–water partition coefficient (Wildman–Crippen LogP) is 6.13. The summed E-state index contributed by atoms with van der Waals surface area (Å²) >= 11 is 6.30. The summed E-state index contributed by atoms with van der Waals surface area (Å²) in [4.78, 5) is 2.53. The van der Waals surface area contributed by atoms with Gasteiger partial charge in [-0.05, 0) is 50.7 Å². The van der Waals surface area contributed by atoms with Crippen LogP contribution in [0.25, 0.3) is 5.57 Å². The second kappa shape index (κ2) is 8.94. The van der Waals surface area contributed by atoms with E-state index in [-0.39, 0.29) is 0 Å². The molecule has 1 aromatic rings. The molecule has 0 atom stereocenters. The van der Waals surface area contributed by atoms with Gasteiger partial charge in [0.2, 0.25) is 0 Å². The largest absolute Gasteiger partial charge is 0.371 e. The Morgan fingerprint density at radius 3 is 2.77 bits per heavy atom. The van der Waals surface area contributed by atoms with Gasteiger partial charge in [-0.25, -0.2) is 0 Å². The number of hydrogen-bond donors (Lipinski definition) is 0. The highest BCUT2D eigenvalue weighted by atomic mass is 35.5. The Hall–Kier alpha value is -1.48. The predicted molar refractivity (Wildman–Crippen MR) is 111 cm³/mol. The van der Waals surface area contributed by atoms with Gasteiger partial charge in [0.15, 0.2) is 0 Å². The van der Waals surface area contributed by atoms with Gasteiger partial charge in [0.1, 0.15) is 0 Å². The maximum Gasteiger partial charge on any atom is 0.0923 e. The molecular weight excluding hydrogens is 342 g/mol. The molecule has 0 aromatic carbocycles. The molecule has 1 aromatic heterocycles. The van der Waals surface area contributed by atoms with E-state index in [1.165, 1.54) is 42.5 Å². The maximum absolute atomic E-state index is 6.30. The Kier molecular flexibility index (Phi) is 6.63. The standard InChI is InChI=1S/C22H32ClN3/c1-4-13-26(20-8-6-7-9-20)17(3)16-25-14-12-22(24-25)21-15-19(23)11-10-18(21)5-2/h12,14-15,20H,3-11,13,16H2,1-2H3. The molecule has 4 heteroatoms. The molecule has 1 saturated carbocycles. The molecule has 3 nitrogen and oxygen atoms in total. The number of hydrogen-bond acceptors (Lipinski definition) is 2. The van der Waals surface area contributed by atoms with Crippen LogP contribution in [-0.2, 0) is 6.54 Å². The molecule has 0 unspecified atom stereocenters. The van der Waals surface area contributed by atoms with Gasteiger partial charge >= 0.3 is 0 Å². The minimum absolute atomic E-state index is 0.673. The van der Waals surface area contributed by atoms with Crippen LogP contribution in [0.3, 0.4) is 0 Å². The van der Waals surface area contributed by atoms with Crippen molar-refractivity contribution in [2.75, 3.05) is 6.54 Å². The summed E-state index contributed by atoms with van der Waals surface area (Å²) in [5, 5.41) is 5.78. The molecule has 0 bridgehead atoms. The summed E-state index contributed by atoms with van der Waals surface area (Å²) in [6.07, 6.45) is 13.7. The zero-order valence-corrected chi connectivity index (χ0v) is 17.1. The quantitative estimate of drug-likeness (QED) is 0.546. The fraction of sp³-hybridized carbons (Fsp3) is 0.591. The topological polar surface area (TPSA) is 21.1 Å². The van der Waals surface area contributed by atoms with Crippen molar-refractivity contribution >= 4 is 17.2 Å². The van der Waals surface area contributed by atoms with E-state index in [1.54, 1.807) is 0 Å². The van der Waals surface area contributed by atoms with E-state index in [0.717, 1.165) is 49.5 Å². The number of nitrogens with zero attached hydrogens (tertiary/aromatic N) is 3. The smallest absolute Gasteiger partial charge is 0.0923 e. The Labute approximate surface area is 163 Å². The van der Waals surface area contributed by atoms with Gasteiger partial charge in [-0.15, -0.1) is 0 Å². The van der Waals surface area contributed by atoms with Crippen LogP contribution in [0.15, 0.2) is 41.2 Å². The second-order valence-corrected chi connectivity index (χ2v) is 8.04. The zero-order valence-electron chi connectivity index (χ0n) is 16.3. The Bertz CT molecular complexity index is 692. The van der Waals surface area contributed by atoms with Gasteiger partial charge in [-0.1, -0.05) is 50.4 Å². The van der Waals surface area contributed by atoms with Crippen molar-refractivity contribution < 1.29 is 0 Å². The summed E-state index contributed by atoms with van der Waals surface area (Å²) < 4.78 is 2.03. The first-order valence-corrected chi connectivity index (χ1v) is 10.6. The van der Waals surface area contributed by atoms with Crippen LogP contribution in [0, 0.1) is 0 Å². The lowest BCUT2D eigenvalue weighted by Gasteiger charge is -2.32. The lowest BCUT2D eigenvalue weighted by Crippen LogP contribution is -2.34. The molecule has 3 rings (SSSR count). The van der Waals surface area contributed by atoms with E-state index in [2.05, 4.69) is 43.7 Å². The monoisotopic (exact) mass is 373 g/mol. The molecule has 0 saturated heterocycles. The van der Waals surface area contributed by atoms with Crippen LogP contribution in [0.2, 0.25) is 0 Å². The zero-order chi connectivity index (χ0) is 18.5. The summed E-state index contributed by atoms with van der Waals surface area (Å²) in [7, 11) is 0. The highest BCUT2D eigenvalue weighted by molar-refractivity contribution is 6.30. The molecule has 0 spiro atoms. The van der Waals surface area contributed by atoms with Gasteiger partial charge < -0.3 is 4.90 Å². The van der Waals surface area contributed by atoms with Crippen LogP contribution < -0.4 is 0 Å². The van der Waals surface area contributed by atoms with E-state index in [4.69, 9.17) is 16.7 Å². The van der Waals surface area contributed by atoms with Crippen molar-refractivity contribution in [3.8, 4) is 0 Å². The molecule has 1 heterocycles. The van der Waals surface area contributed by atoms with E-state index in [9.17, 15) is 0 Å². The second-order valence-electron chi connectivity index (χ2n) is 7.56. The molecular formula is C22H32ClN3. The van der Waals surface area contributed by atoms with Crippen molar-refractivity contribution in [2.45, 2.75) is 77.8 Å². The number of halogens is 1. The van der Waals surface area contributed by atoms with E-state index >= 15 is 0 Å². The minimum Gasteiger partial charge on any atom is -0.371 e. The highest BCUT2D eigenvalue weighted by Gasteiger charge is 2.23. The number of allylic oxidation sites excluding steroid dienone is 5. The van der Waals surface area contributed by atoms with E-state index < -0.39 is 0 Å². The lowest BCUT2D eigenvalue weighted by molar-refractivity contribution is 0.242. The summed E-state index contributed by atoms with van der Waals surface area (Å²) in [6, 6.07) is 2.79. The van der Waals surface area contributed by atoms with Crippen molar-refractivity contribution in [1.29, 1.82) is 0 Å². The van der Waals surface area contributed by atoms with Crippen molar-refractivity contribution in [3.63, 3.8) is 0 Å². The first-order chi connectivity index (χ1) is 12.6. The molecule has 0 radical (unpaired) electrons. The molecule has 2 aliphatic carbocycles. The summed E-state index contributed by atoms with van der Waals surface area (Å²) in [6.45, 7) is 10.7. The molecule has 0 amide bonds. The SMILES string of the molecule is C=C(Cn1ccc(C2=C(CC)CCC(Cl)=C2)n1)N(CCC)C1CCCC1. The highest BCUT2D eigenvalue weighted by Crippen LogP contribution is 2.33. The van der Waals surface area contributed by atoms with Gasteiger partial charge in [-0.2, -0.15) is 5.10 Å². The number of rotatable bonds is 8. The average Bonchev–Trinajstić information content (AvgIpc) is 3.31. The minimum atomic E-state index is 0.673. The normalized spacial score (nSPS) is 18.3. The molecule has 0 aliphatic heterocycles. The maximum atomic E-state index is 6.30. The van der Waals surface area contributed by atoms with Crippen molar-refractivity contribution in [1.82, 2.24) is 14.7 Å². The molecule has 1 fully saturated rings. The van der Waals surface area contributed by atoms with E-state index in [0.29, 0.717) is 6.04 Å². The fourth-order valence-corrected chi connectivity index (χ4v) is 4.49. The van der Waals surface area contributed by atoms with Crippen LogP contribution >= 0.6 is 11.6 Å². The van der Waals surface area contributed by atoms with Crippen LogP contribution in [0.1, 0.15) is 70.9 Å². The van der Waals surface area contributed by atoms with Crippen LogP contribution in [0.4, 0.5) is 0 Å². The Balaban J connectivity index is 1.73. The Morgan fingerprint density at radius 1 is 1.31 bits per heavy atom. The summed E-state index contributed by atoms with van der Waals surface area (Å²) in [5.74, 6) is 0. The molecule has 26 heavy (non-hydrogen) atoms. The molecule has 0 N–H and O–H groups in total. The molecule has 142 valence electrons. The number of aromatic nitrogens is 2. The van der Waals surface area contributed by atoms with Gasteiger partial charge in [0.25, 0.3) is 0 Å². The third kappa shape index (κ3) is 4.43. The average molecular weight is 374 g/mol. The third-order valence-electron chi connectivity index (χ3n) is 5.67. The van der Waals surface area contributed by atoms with Crippen molar-refractivity contribution in [3.05, 3.63) is 46.9 Å². The fourth-order valence-electron chi connectivity index (χ4n) is 4.29. The van der Waals surface area contributed by atoms with Crippen LogP contribution in [-0.4, -0.2) is 27.3 Å². The third-order valence-corrected chi connectivity index (χ3v) is 5.97. The Morgan fingerprint density at radius 2 is 2.08 bits per heavy atom. The van der Waals surface area contributed by atoms with Crippen LogP contribution in [0.5, 0.6) is 0 Å². The summed E-state index contributed by atoms with van der Waals surface area (Å²) in [5.41, 5.74) is 4.90. The van der Waals surface area contributed by atoms with Gasteiger partial charge in [-0.3, -0.25) is 4.68 Å². The first kappa shape index (κ1) is 19.3. The van der Waals surface area contributed by atoms with E-state index in [1.807, 2.05) is 4.68 Å². The van der Waals surface area contributed by atoms with Gasteiger partial charge in [0, 0.05) is 35.1 Å². The molecule has 2 aliphatic rings. The lowest BCUT2D eigenvalue weighted by atomic mass is 9.93. The first-order valence-electron chi connectivity index (χ1n) is 10.2.